The predicted octanol–water partition coefficient (Wildman–Crippen LogP) is 2.68. The van der Waals surface area contributed by atoms with Crippen LogP contribution in [0.25, 0.3) is 0 Å². The summed E-state index contributed by atoms with van der Waals surface area (Å²) in [6.45, 7) is 2.12. The summed E-state index contributed by atoms with van der Waals surface area (Å²) in [7, 11) is 0. The maximum Gasteiger partial charge on any atom is 0.316 e. The molecule has 0 amide bonds. The maximum absolute atomic E-state index is 12.5. The van der Waals surface area contributed by atoms with Gasteiger partial charge in [-0.3, -0.25) is 24.5 Å². The van der Waals surface area contributed by atoms with Crippen molar-refractivity contribution in [2.45, 2.75) is 13.8 Å². The van der Waals surface area contributed by atoms with Gasteiger partial charge in [-0.15, -0.1) is 0 Å². The van der Waals surface area contributed by atoms with E-state index in [1.807, 2.05) is 0 Å². The van der Waals surface area contributed by atoms with E-state index in [2.05, 4.69) is 0 Å². The molecule has 0 aromatic heterocycles. The van der Waals surface area contributed by atoms with E-state index in [1.165, 1.54) is 0 Å². The van der Waals surface area contributed by atoms with Crippen molar-refractivity contribution in [3.05, 3.63) is 63.7 Å². The number of ether oxygens (including phenoxy) is 2. The van der Waals surface area contributed by atoms with Crippen molar-refractivity contribution < 1.29 is 28.8 Å². The van der Waals surface area contributed by atoms with Crippen LogP contribution in [0.3, 0.4) is 0 Å². The van der Waals surface area contributed by atoms with Gasteiger partial charge < -0.3 is 9.47 Å². The zero-order chi connectivity index (χ0) is 18.6. The van der Waals surface area contributed by atoms with Crippen molar-refractivity contribution >= 4 is 23.4 Å². The second kappa shape index (κ2) is 7.35. The summed E-state index contributed by atoms with van der Waals surface area (Å²) >= 11 is 0. The molecule has 0 saturated carbocycles. The third kappa shape index (κ3) is 4.25. The lowest BCUT2D eigenvalue weighted by Crippen LogP contribution is -2.11. The third-order valence-electron chi connectivity index (χ3n) is 3.03. The average Bonchev–Trinajstić information content (AvgIpc) is 2.55. The Hall–Kier alpha value is -3.55. The molecule has 8 heteroatoms. The van der Waals surface area contributed by atoms with Crippen LogP contribution >= 0.6 is 0 Å². The van der Waals surface area contributed by atoms with E-state index >= 15 is 0 Å². The van der Waals surface area contributed by atoms with Gasteiger partial charge in [-0.25, -0.2) is 0 Å². The Balaban J connectivity index is 2.64. The molecular formula is C17H13NO7. The van der Waals surface area contributed by atoms with Gasteiger partial charge in [0.2, 0.25) is 0 Å². The number of nitro benzene ring substituents is 1. The molecular weight excluding hydrogens is 330 g/mol. The molecule has 0 aliphatic rings. The summed E-state index contributed by atoms with van der Waals surface area (Å²) in [6, 6.07) is 10.2. The Morgan fingerprint density at radius 1 is 0.920 bits per heavy atom. The van der Waals surface area contributed by atoms with Gasteiger partial charge in [0.25, 0.3) is 5.75 Å². The lowest BCUT2D eigenvalue weighted by molar-refractivity contribution is -0.385. The largest absolute Gasteiger partial charge is 0.422 e. The number of ketones is 1. The van der Waals surface area contributed by atoms with Gasteiger partial charge in [-0.05, 0) is 6.07 Å². The van der Waals surface area contributed by atoms with Crippen molar-refractivity contribution in [3.8, 4) is 11.5 Å². The van der Waals surface area contributed by atoms with E-state index in [0.29, 0.717) is 5.56 Å². The second-order valence-corrected chi connectivity index (χ2v) is 4.96. The summed E-state index contributed by atoms with van der Waals surface area (Å²) in [5.41, 5.74) is -0.441. The van der Waals surface area contributed by atoms with E-state index < -0.39 is 34.1 Å². The zero-order valence-corrected chi connectivity index (χ0v) is 13.3. The van der Waals surface area contributed by atoms with Gasteiger partial charge in [-0.1, -0.05) is 30.3 Å². The summed E-state index contributed by atoms with van der Waals surface area (Å²) < 4.78 is 9.70. The quantitative estimate of drug-likeness (QED) is 0.270. The normalized spacial score (nSPS) is 10.0. The van der Waals surface area contributed by atoms with Crippen LogP contribution in [-0.4, -0.2) is 22.6 Å². The molecule has 8 nitrogen and oxygen atoms in total. The van der Waals surface area contributed by atoms with E-state index in [4.69, 9.17) is 9.47 Å². The lowest BCUT2D eigenvalue weighted by Gasteiger charge is -2.11. The van der Waals surface area contributed by atoms with Crippen molar-refractivity contribution in [3.63, 3.8) is 0 Å². The van der Waals surface area contributed by atoms with Crippen LogP contribution in [-0.2, 0) is 9.59 Å². The highest BCUT2D eigenvalue weighted by molar-refractivity contribution is 6.10. The number of benzene rings is 2. The van der Waals surface area contributed by atoms with E-state index in [-0.39, 0.29) is 11.3 Å². The molecule has 0 aliphatic carbocycles. The van der Waals surface area contributed by atoms with Gasteiger partial charge in [0, 0.05) is 31.0 Å². The fraction of sp³-hybridized carbons (Fsp3) is 0.118. The first-order chi connectivity index (χ1) is 11.8. The summed E-state index contributed by atoms with van der Waals surface area (Å²) in [5.74, 6) is -3.04. The maximum atomic E-state index is 12.5. The number of carbonyl (C=O) groups is 3. The molecule has 0 heterocycles. The van der Waals surface area contributed by atoms with Gasteiger partial charge in [0.15, 0.2) is 11.5 Å². The first-order valence-corrected chi connectivity index (χ1v) is 7.08. The molecule has 0 spiro atoms. The van der Waals surface area contributed by atoms with Crippen molar-refractivity contribution in [2.75, 3.05) is 0 Å². The first kappa shape index (κ1) is 17.8. The Morgan fingerprint density at radius 2 is 1.52 bits per heavy atom. The number of hydrogen-bond acceptors (Lipinski definition) is 7. The Labute approximate surface area is 142 Å². The van der Waals surface area contributed by atoms with E-state index in [9.17, 15) is 24.5 Å². The summed E-state index contributed by atoms with van der Waals surface area (Å²) in [5, 5.41) is 11.3. The minimum absolute atomic E-state index is 0.0787. The molecule has 0 N–H and O–H groups in total. The van der Waals surface area contributed by atoms with Crippen molar-refractivity contribution in [2.24, 2.45) is 0 Å². The highest BCUT2D eigenvalue weighted by Crippen LogP contribution is 2.39. The lowest BCUT2D eigenvalue weighted by atomic mass is 10.0. The van der Waals surface area contributed by atoms with Gasteiger partial charge in [-0.2, -0.15) is 0 Å². The predicted molar refractivity (Wildman–Crippen MR) is 85.6 cm³/mol. The van der Waals surface area contributed by atoms with Gasteiger partial charge in [0.1, 0.15) is 0 Å². The number of carbonyl (C=O) groups excluding carboxylic acids is 3. The number of nitro groups is 1. The van der Waals surface area contributed by atoms with Crippen LogP contribution in [0, 0.1) is 10.1 Å². The van der Waals surface area contributed by atoms with Crippen molar-refractivity contribution in [1.82, 2.24) is 0 Å². The molecule has 0 atom stereocenters. The zero-order valence-electron chi connectivity index (χ0n) is 13.3. The minimum Gasteiger partial charge on any atom is -0.422 e. The topological polar surface area (TPSA) is 113 Å². The van der Waals surface area contributed by atoms with Crippen LogP contribution in [0.1, 0.15) is 29.8 Å². The van der Waals surface area contributed by atoms with Crippen LogP contribution in [0.2, 0.25) is 0 Å². The molecule has 0 unspecified atom stereocenters. The first-order valence-electron chi connectivity index (χ1n) is 7.08. The highest BCUT2D eigenvalue weighted by Gasteiger charge is 2.27. The molecule has 0 bridgehead atoms. The summed E-state index contributed by atoms with van der Waals surface area (Å²) in [4.78, 5) is 45.5. The number of esters is 2. The molecule has 128 valence electrons. The van der Waals surface area contributed by atoms with Crippen LogP contribution in [0.15, 0.2) is 42.5 Å². The number of hydrogen-bond donors (Lipinski definition) is 0. The van der Waals surface area contributed by atoms with Gasteiger partial charge in [0.05, 0.1) is 4.92 Å². The van der Waals surface area contributed by atoms with E-state index in [0.717, 1.165) is 26.0 Å². The van der Waals surface area contributed by atoms with Crippen LogP contribution in [0.5, 0.6) is 11.5 Å². The molecule has 0 saturated heterocycles. The smallest absolute Gasteiger partial charge is 0.316 e. The van der Waals surface area contributed by atoms with Crippen LogP contribution < -0.4 is 9.47 Å². The fourth-order valence-corrected chi connectivity index (χ4v) is 2.09. The third-order valence-corrected chi connectivity index (χ3v) is 3.03. The standard InChI is InChI=1S/C17H13NO7/c1-10(19)24-15-9-13(16(21)12-6-4-3-5-7-12)8-14(18(22)23)17(15)25-11(2)20/h3-9H,1-2H3. The fourth-order valence-electron chi connectivity index (χ4n) is 2.09. The molecule has 0 fully saturated rings. The van der Waals surface area contributed by atoms with Gasteiger partial charge >= 0.3 is 17.6 Å². The minimum atomic E-state index is -0.835. The molecule has 25 heavy (non-hydrogen) atoms. The molecule has 0 aliphatic heterocycles. The Bertz CT molecular complexity index is 859. The van der Waals surface area contributed by atoms with Crippen molar-refractivity contribution in [1.29, 1.82) is 0 Å². The summed E-state index contributed by atoms with van der Waals surface area (Å²) in [6.07, 6.45) is 0. The monoisotopic (exact) mass is 343 g/mol. The average molecular weight is 343 g/mol. The van der Waals surface area contributed by atoms with Crippen LogP contribution in [0.4, 0.5) is 5.69 Å². The molecule has 2 aromatic carbocycles. The number of rotatable bonds is 5. The second-order valence-electron chi connectivity index (χ2n) is 4.96. The highest BCUT2D eigenvalue weighted by atomic mass is 16.6. The SMILES string of the molecule is CC(=O)Oc1cc(C(=O)c2ccccc2)cc([N+](=O)[O-])c1OC(C)=O. The van der Waals surface area contributed by atoms with E-state index in [1.54, 1.807) is 30.3 Å². The number of nitrogens with zero attached hydrogens (tertiary/aromatic N) is 1. The Kier molecular flexibility index (Phi) is 5.23. The Morgan fingerprint density at radius 3 is 2.04 bits per heavy atom. The molecule has 2 rings (SSSR count). The molecule has 0 radical (unpaired) electrons. The molecule has 2 aromatic rings.